The Bertz CT molecular complexity index is 781. The van der Waals surface area contributed by atoms with E-state index in [0.717, 1.165) is 26.4 Å². The highest BCUT2D eigenvalue weighted by atomic mass is 79.9. The minimum atomic E-state index is -0.0670. The summed E-state index contributed by atoms with van der Waals surface area (Å²) in [4.78, 5) is 4.40. The lowest BCUT2D eigenvalue weighted by Gasteiger charge is -2.15. The number of rotatable bonds is 3. The molecule has 1 unspecified atom stereocenters. The number of halogens is 2. The number of hydrogen-bond acceptors (Lipinski definition) is 2. The van der Waals surface area contributed by atoms with Crippen LogP contribution in [0.15, 0.2) is 63.7 Å². The van der Waals surface area contributed by atoms with E-state index >= 15 is 0 Å². The molecule has 0 spiro atoms. The molecule has 21 heavy (non-hydrogen) atoms. The van der Waals surface area contributed by atoms with E-state index in [0.29, 0.717) is 0 Å². The number of nitrogens with two attached hydrogens (primary N) is 1. The van der Waals surface area contributed by atoms with Crippen LogP contribution >= 0.6 is 31.9 Å². The Morgan fingerprint density at radius 2 is 1.86 bits per heavy atom. The standard InChI is InChI=1S/C17H14Br2N2/c18-12-5-6-15(19)14(10-12)16(20)9-11-7-8-21-17-4-2-1-3-13(11)17/h1-8,10,16H,9,20H2. The summed E-state index contributed by atoms with van der Waals surface area (Å²) < 4.78 is 2.08. The van der Waals surface area contributed by atoms with Crippen molar-refractivity contribution in [3.63, 3.8) is 0 Å². The van der Waals surface area contributed by atoms with E-state index in [-0.39, 0.29) is 6.04 Å². The van der Waals surface area contributed by atoms with Crippen molar-refractivity contribution in [3.05, 3.63) is 74.8 Å². The molecule has 3 aromatic rings. The molecule has 4 heteroatoms. The zero-order valence-electron chi connectivity index (χ0n) is 11.3. The molecule has 2 aromatic carbocycles. The van der Waals surface area contributed by atoms with Gasteiger partial charge >= 0.3 is 0 Å². The largest absolute Gasteiger partial charge is 0.324 e. The lowest BCUT2D eigenvalue weighted by Crippen LogP contribution is -2.14. The quantitative estimate of drug-likeness (QED) is 0.665. The lowest BCUT2D eigenvalue weighted by atomic mass is 9.97. The highest BCUT2D eigenvalue weighted by molar-refractivity contribution is 9.11. The van der Waals surface area contributed by atoms with Crippen LogP contribution in [0.2, 0.25) is 0 Å². The third kappa shape index (κ3) is 3.18. The first-order valence-corrected chi connectivity index (χ1v) is 8.27. The summed E-state index contributed by atoms with van der Waals surface area (Å²) in [5.74, 6) is 0. The Labute approximate surface area is 140 Å². The number of aromatic nitrogens is 1. The van der Waals surface area contributed by atoms with Gasteiger partial charge in [0, 0.05) is 26.6 Å². The van der Waals surface area contributed by atoms with Crippen LogP contribution in [0.3, 0.4) is 0 Å². The van der Waals surface area contributed by atoms with E-state index in [1.54, 1.807) is 0 Å². The fourth-order valence-electron chi connectivity index (χ4n) is 2.48. The predicted molar refractivity (Wildman–Crippen MR) is 94.2 cm³/mol. The first-order valence-electron chi connectivity index (χ1n) is 6.68. The number of benzene rings is 2. The molecule has 1 heterocycles. The molecule has 0 aliphatic heterocycles. The van der Waals surface area contributed by atoms with Gasteiger partial charge in [0.05, 0.1) is 5.52 Å². The molecule has 3 rings (SSSR count). The Kier molecular flexibility index (Phi) is 4.38. The minimum Gasteiger partial charge on any atom is -0.324 e. The molecule has 1 atom stereocenters. The highest BCUT2D eigenvalue weighted by Crippen LogP contribution is 2.29. The molecule has 2 nitrogen and oxygen atoms in total. The average Bonchev–Trinajstić information content (AvgIpc) is 2.50. The zero-order valence-corrected chi connectivity index (χ0v) is 14.4. The van der Waals surface area contributed by atoms with Crippen LogP contribution in [0, 0.1) is 0 Å². The van der Waals surface area contributed by atoms with Crippen LogP contribution in [0.1, 0.15) is 17.2 Å². The van der Waals surface area contributed by atoms with E-state index in [2.05, 4.69) is 49.0 Å². The average molecular weight is 406 g/mol. The smallest absolute Gasteiger partial charge is 0.0704 e. The Hall–Kier alpha value is -1.23. The first-order chi connectivity index (χ1) is 10.1. The molecule has 0 aliphatic carbocycles. The second kappa shape index (κ2) is 6.26. The molecule has 0 amide bonds. The maximum Gasteiger partial charge on any atom is 0.0704 e. The summed E-state index contributed by atoms with van der Waals surface area (Å²) in [5, 5.41) is 1.17. The Morgan fingerprint density at radius 1 is 1.05 bits per heavy atom. The van der Waals surface area contributed by atoms with Crippen LogP contribution in [0.4, 0.5) is 0 Å². The van der Waals surface area contributed by atoms with Crippen LogP contribution in [-0.2, 0) is 6.42 Å². The Morgan fingerprint density at radius 3 is 2.71 bits per heavy atom. The number of fused-ring (bicyclic) bond motifs is 1. The van der Waals surface area contributed by atoms with Crippen molar-refractivity contribution in [3.8, 4) is 0 Å². The monoisotopic (exact) mass is 404 g/mol. The predicted octanol–water partition coefficient (Wildman–Crippen LogP) is 5.00. The van der Waals surface area contributed by atoms with E-state index in [9.17, 15) is 0 Å². The minimum absolute atomic E-state index is 0.0670. The van der Waals surface area contributed by atoms with Crippen LogP contribution in [0.25, 0.3) is 10.9 Å². The van der Waals surface area contributed by atoms with Gasteiger partial charge in [-0.15, -0.1) is 0 Å². The van der Waals surface area contributed by atoms with Crippen molar-refractivity contribution < 1.29 is 0 Å². The van der Waals surface area contributed by atoms with E-state index in [1.165, 1.54) is 10.9 Å². The normalized spacial score (nSPS) is 12.5. The molecule has 0 fully saturated rings. The van der Waals surface area contributed by atoms with Crippen LogP contribution in [-0.4, -0.2) is 4.98 Å². The zero-order chi connectivity index (χ0) is 14.8. The summed E-state index contributed by atoms with van der Waals surface area (Å²) >= 11 is 7.08. The highest BCUT2D eigenvalue weighted by Gasteiger charge is 2.13. The van der Waals surface area contributed by atoms with Crippen LogP contribution < -0.4 is 5.73 Å². The molecular formula is C17H14Br2N2. The maximum absolute atomic E-state index is 6.42. The van der Waals surface area contributed by atoms with Gasteiger partial charge < -0.3 is 5.73 Å². The summed E-state index contributed by atoms with van der Waals surface area (Å²) in [6.45, 7) is 0. The van der Waals surface area contributed by atoms with Crippen molar-refractivity contribution in [2.24, 2.45) is 5.73 Å². The number of pyridine rings is 1. The third-order valence-electron chi connectivity index (χ3n) is 3.54. The second-order valence-corrected chi connectivity index (χ2v) is 6.73. The maximum atomic E-state index is 6.42. The van der Waals surface area contributed by atoms with Gasteiger partial charge in [0.15, 0.2) is 0 Å². The SMILES string of the molecule is NC(Cc1ccnc2ccccc12)c1cc(Br)ccc1Br. The number of hydrogen-bond donors (Lipinski definition) is 1. The van der Waals surface area contributed by atoms with Gasteiger partial charge in [0.2, 0.25) is 0 Å². The van der Waals surface area contributed by atoms with Gasteiger partial charge in [-0.3, -0.25) is 4.98 Å². The fourth-order valence-corrected chi connectivity index (χ4v) is 3.40. The van der Waals surface area contributed by atoms with Crippen molar-refractivity contribution >= 4 is 42.8 Å². The summed E-state index contributed by atoms with van der Waals surface area (Å²) in [7, 11) is 0. The third-order valence-corrected chi connectivity index (χ3v) is 4.75. The summed E-state index contributed by atoms with van der Waals surface area (Å²) in [5.41, 5.74) is 9.75. The molecule has 0 aliphatic rings. The molecule has 0 saturated heterocycles. The fraction of sp³-hybridized carbons (Fsp3) is 0.118. The van der Waals surface area contributed by atoms with Crippen molar-refractivity contribution in [1.82, 2.24) is 4.98 Å². The Balaban J connectivity index is 1.96. The number of nitrogens with zero attached hydrogens (tertiary/aromatic N) is 1. The van der Waals surface area contributed by atoms with E-state index in [1.807, 2.05) is 42.6 Å². The summed E-state index contributed by atoms with van der Waals surface area (Å²) in [6.07, 6.45) is 2.62. The lowest BCUT2D eigenvalue weighted by molar-refractivity contribution is 0.721. The van der Waals surface area contributed by atoms with Crippen molar-refractivity contribution in [1.29, 1.82) is 0 Å². The molecule has 0 bridgehead atoms. The van der Waals surface area contributed by atoms with E-state index < -0.39 is 0 Å². The molecule has 1 aromatic heterocycles. The van der Waals surface area contributed by atoms with Gasteiger partial charge in [0.1, 0.15) is 0 Å². The van der Waals surface area contributed by atoms with Crippen molar-refractivity contribution in [2.75, 3.05) is 0 Å². The molecule has 0 saturated carbocycles. The topological polar surface area (TPSA) is 38.9 Å². The molecule has 2 N–H and O–H groups in total. The number of para-hydroxylation sites is 1. The second-order valence-electron chi connectivity index (χ2n) is 4.96. The molecule has 106 valence electrons. The van der Waals surface area contributed by atoms with Gasteiger partial charge in [-0.2, -0.15) is 0 Å². The first kappa shape index (κ1) is 14.7. The van der Waals surface area contributed by atoms with Gasteiger partial charge in [-0.1, -0.05) is 50.1 Å². The van der Waals surface area contributed by atoms with Gasteiger partial charge in [-0.05, 0) is 47.9 Å². The van der Waals surface area contributed by atoms with Crippen LogP contribution in [0.5, 0.6) is 0 Å². The molecular weight excluding hydrogens is 392 g/mol. The van der Waals surface area contributed by atoms with E-state index in [4.69, 9.17) is 5.73 Å². The summed E-state index contributed by atoms with van der Waals surface area (Å²) in [6, 6.07) is 16.2. The van der Waals surface area contributed by atoms with Crippen molar-refractivity contribution in [2.45, 2.75) is 12.5 Å². The molecule has 0 radical (unpaired) electrons. The van der Waals surface area contributed by atoms with Gasteiger partial charge in [-0.25, -0.2) is 0 Å². The van der Waals surface area contributed by atoms with Gasteiger partial charge in [0.25, 0.3) is 0 Å².